The van der Waals surface area contributed by atoms with Gasteiger partial charge in [-0.1, -0.05) is 25.3 Å². The summed E-state index contributed by atoms with van der Waals surface area (Å²) in [7, 11) is -3.78. The number of benzene rings is 1. The van der Waals surface area contributed by atoms with Gasteiger partial charge < -0.3 is 5.73 Å². The van der Waals surface area contributed by atoms with Crippen molar-refractivity contribution in [1.82, 2.24) is 4.72 Å². The van der Waals surface area contributed by atoms with Crippen molar-refractivity contribution in [3.8, 4) is 0 Å². The predicted octanol–water partition coefficient (Wildman–Crippen LogP) is 1.75. The van der Waals surface area contributed by atoms with Gasteiger partial charge in [0.05, 0.1) is 0 Å². The van der Waals surface area contributed by atoms with Gasteiger partial charge in [-0.2, -0.15) is 0 Å². The number of hydrogen-bond acceptors (Lipinski definition) is 3. The van der Waals surface area contributed by atoms with E-state index in [0.29, 0.717) is 18.0 Å². The second kappa shape index (κ2) is 5.98. The highest BCUT2D eigenvalue weighted by atomic mass is 32.2. The Labute approximate surface area is 113 Å². The van der Waals surface area contributed by atoms with Gasteiger partial charge in [0.25, 0.3) is 0 Å². The van der Waals surface area contributed by atoms with E-state index in [4.69, 9.17) is 5.73 Å². The Morgan fingerprint density at radius 1 is 1.37 bits per heavy atom. The summed E-state index contributed by atoms with van der Waals surface area (Å²) in [5.41, 5.74) is 6.04. The lowest BCUT2D eigenvalue weighted by atomic mass is 9.83. The molecule has 0 unspecified atom stereocenters. The molecule has 1 aliphatic rings. The highest BCUT2D eigenvalue weighted by molar-refractivity contribution is 7.89. The highest BCUT2D eigenvalue weighted by Gasteiger charge is 2.21. The van der Waals surface area contributed by atoms with E-state index < -0.39 is 15.8 Å². The fourth-order valence-electron chi connectivity index (χ4n) is 2.14. The number of halogens is 1. The third-order valence-electron chi connectivity index (χ3n) is 3.59. The Morgan fingerprint density at radius 3 is 2.68 bits per heavy atom. The van der Waals surface area contributed by atoms with Crippen molar-refractivity contribution >= 4 is 10.0 Å². The van der Waals surface area contributed by atoms with E-state index in [2.05, 4.69) is 4.72 Å². The summed E-state index contributed by atoms with van der Waals surface area (Å²) in [6.07, 6.45) is 4.37. The minimum absolute atomic E-state index is 0.185. The van der Waals surface area contributed by atoms with Crippen molar-refractivity contribution in [2.45, 2.75) is 37.1 Å². The average molecular weight is 286 g/mol. The Kier molecular flexibility index (Phi) is 4.54. The van der Waals surface area contributed by atoms with E-state index >= 15 is 0 Å². The molecule has 6 heteroatoms. The SMILES string of the molecule is NCc1ccc(F)c(S(=O)(=O)NCCC2CCC2)c1. The lowest BCUT2D eigenvalue weighted by Gasteiger charge is -2.25. The Morgan fingerprint density at radius 2 is 2.11 bits per heavy atom. The summed E-state index contributed by atoms with van der Waals surface area (Å²) in [4.78, 5) is -0.316. The van der Waals surface area contributed by atoms with Crippen molar-refractivity contribution in [1.29, 1.82) is 0 Å². The molecule has 0 bridgehead atoms. The Bertz CT molecular complexity index is 542. The maximum atomic E-state index is 13.6. The summed E-state index contributed by atoms with van der Waals surface area (Å²) >= 11 is 0. The maximum Gasteiger partial charge on any atom is 0.243 e. The van der Waals surface area contributed by atoms with Crippen LogP contribution >= 0.6 is 0 Å². The molecule has 2 rings (SSSR count). The number of nitrogens with two attached hydrogens (primary N) is 1. The van der Waals surface area contributed by atoms with Gasteiger partial charge in [-0.3, -0.25) is 0 Å². The van der Waals surface area contributed by atoms with Crippen LogP contribution in [0, 0.1) is 11.7 Å². The first-order chi connectivity index (χ1) is 9.03. The van der Waals surface area contributed by atoms with Crippen LogP contribution in [0.3, 0.4) is 0 Å². The molecule has 0 radical (unpaired) electrons. The smallest absolute Gasteiger partial charge is 0.243 e. The first kappa shape index (κ1) is 14.4. The van der Waals surface area contributed by atoms with Gasteiger partial charge in [-0.25, -0.2) is 17.5 Å². The lowest BCUT2D eigenvalue weighted by Crippen LogP contribution is -2.28. The molecule has 0 atom stereocenters. The van der Waals surface area contributed by atoms with Gasteiger partial charge in [-0.05, 0) is 30.0 Å². The number of hydrogen-bond donors (Lipinski definition) is 2. The third kappa shape index (κ3) is 3.52. The molecule has 0 spiro atoms. The number of rotatable bonds is 6. The molecule has 106 valence electrons. The zero-order chi connectivity index (χ0) is 13.9. The lowest BCUT2D eigenvalue weighted by molar-refractivity contribution is 0.297. The van der Waals surface area contributed by atoms with Crippen molar-refractivity contribution in [2.24, 2.45) is 11.7 Å². The van der Waals surface area contributed by atoms with Crippen LogP contribution in [0.1, 0.15) is 31.2 Å². The summed E-state index contributed by atoms with van der Waals surface area (Å²) < 4.78 is 40.1. The number of nitrogens with one attached hydrogen (secondary N) is 1. The van der Waals surface area contributed by atoms with Crippen LogP contribution in [0.25, 0.3) is 0 Å². The fraction of sp³-hybridized carbons (Fsp3) is 0.538. The molecule has 1 fully saturated rings. The minimum atomic E-state index is -3.78. The van der Waals surface area contributed by atoms with Crippen molar-refractivity contribution in [3.63, 3.8) is 0 Å². The summed E-state index contributed by atoms with van der Waals surface area (Å²) in [5.74, 6) is -0.128. The molecule has 3 N–H and O–H groups in total. The highest BCUT2D eigenvalue weighted by Crippen LogP contribution is 2.29. The van der Waals surface area contributed by atoms with Gasteiger partial charge in [0.1, 0.15) is 10.7 Å². The molecular formula is C13H19FN2O2S. The van der Waals surface area contributed by atoms with Gasteiger partial charge in [-0.15, -0.1) is 0 Å². The molecule has 0 saturated heterocycles. The molecule has 4 nitrogen and oxygen atoms in total. The molecule has 1 aromatic carbocycles. The van der Waals surface area contributed by atoms with Gasteiger partial charge in [0.2, 0.25) is 10.0 Å². The van der Waals surface area contributed by atoms with Crippen molar-refractivity contribution in [2.75, 3.05) is 6.54 Å². The molecule has 19 heavy (non-hydrogen) atoms. The van der Waals surface area contributed by atoms with Crippen LogP contribution in [0.4, 0.5) is 4.39 Å². The van der Waals surface area contributed by atoms with E-state index in [9.17, 15) is 12.8 Å². The Hall–Kier alpha value is -0.980. The molecule has 1 saturated carbocycles. The van der Waals surface area contributed by atoms with Crippen LogP contribution in [-0.2, 0) is 16.6 Å². The second-order valence-corrected chi connectivity index (χ2v) is 6.69. The standard InChI is InChI=1S/C13H19FN2O2S/c14-12-5-4-11(9-15)8-13(12)19(17,18)16-7-6-10-2-1-3-10/h4-5,8,10,16H,1-3,6-7,9,15H2. The summed E-state index contributed by atoms with van der Waals surface area (Å²) in [6, 6.07) is 3.92. The average Bonchev–Trinajstić information content (AvgIpc) is 2.33. The van der Waals surface area contributed by atoms with Crippen LogP contribution in [0.5, 0.6) is 0 Å². The molecular weight excluding hydrogens is 267 g/mol. The zero-order valence-electron chi connectivity index (χ0n) is 10.7. The molecule has 0 heterocycles. The van der Waals surface area contributed by atoms with E-state index in [-0.39, 0.29) is 11.4 Å². The maximum absolute atomic E-state index is 13.6. The molecule has 0 aliphatic heterocycles. The first-order valence-electron chi connectivity index (χ1n) is 6.51. The monoisotopic (exact) mass is 286 g/mol. The minimum Gasteiger partial charge on any atom is -0.326 e. The third-order valence-corrected chi connectivity index (χ3v) is 5.07. The van der Waals surface area contributed by atoms with Gasteiger partial charge in [0, 0.05) is 13.1 Å². The predicted molar refractivity (Wildman–Crippen MR) is 71.4 cm³/mol. The van der Waals surface area contributed by atoms with Crippen LogP contribution in [0.2, 0.25) is 0 Å². The van der Waals surface area contributed by atoms with Crippen molar-refractivity contribution in [3.05, 3.63) is 29.6 Å². The normalized spacial score (nSPS) is 16.3. The van der Waals surface area contributed by atoms with E-state index in [0.717, 1.165) is 12.5 Å². The van der Waals surface area contributed by atoms with Gasteiger partial charge >= 0.3 is 0 Å². The van der Waals surface area contributed by atoms with Crippen LogP contribution in [-0.4, -0.2) is 15.0 Å². The first-order valence-corrected chi connectivity index (χ1v) is 7.99. The largest absolute Gasteiger partial charge is 0.326 e. The number of sulfonamides is 1. The molecule has 0 amide bonds. The van der Waals surface area contributed by atoms with E-state index in [1.807, 2.05) is 0 Å². The van der Waals surface area contributed by atoms with Gasteiger partial charge in [0.15, 0.2) is 0 Å². The zero-order valence-corrected chi connectivity index (χ0v) is 11.5. The second-order valence-electron chi connectivity index (χ2n) is 4.95. The topological polar surface area (TPSA) is 72.2 Å². The molecule has 0 aromatic heterocycles. The quantitative estimate of drug-likeness (QED) is 0.837. The molecule has 1 aromatic rings. The summed E-state index contributed by atoms with van der Waals surface area (Å²) in [6.45, 7) is 0.546. The van der Waals surface area contributed by atoms with E-state index in [1.165, 1.54) is 31.4 Å². The van der Waals surface area contributed by atoms with Crippen LogP contribution < -0.4 is 10.5 Å². The molecule has 1 aliphatic carbocycles. The van der Waals surface area contributed by atoms with E-state index in [1.54, 1.807) is 0 Å². The van der Waals surface area contributed by atoms with Crippen LogP contribution in [0.15, 0.2) is 23.1 Å². The van der Waals surface area contributed by atoms with Crippen molar-refractivity contribution < 1.29 is 12.8 Å². The fourth-order valence-corrected chi connectivity index (χ4v) is 3.31. The Balaban J connectivity index is 2.05. The summed E-state index contributed by atoms with van der Waals surface area (Å²) in [5, 5.41) is 0.